The van der Waals surface area contributed by atoms with Gasteiger partial charge >= 0.3 is 11.9 Å². The smallest absolute Gasteiger partial charge is 0.307 e. The van der Waals surface area contributed by atoms with Gasteiger partial charge < -0.3 is 9.47 Å². The van der Waals surface area contributed by atoms with Gasteiger partial charge in [-0.2, -0.15) is 0 Å². The number of carbonyl (C=O) groups is 3. The first-order chi connectivity index (χ1) is 15.8. The normalized spacial score (nSPS) is 41.5. The van der Waals surface area contributed by atoms with Gasteiger partial charge in [0, 0.05) is 11.8 Å². The summed E-state index contributed by atoms with van der Waals surface area (Å²) < 4.78 is 10.6. The minimum absolute atomic E-state index is 0.0725. The van der Waals surface area contributed by atoms with E-state index in [9.17, 15) is 14.4 Å². The summed E-state index contributed by atoms with van der Waals surface area (Å²) in [5.41, 5.74) is 2.08. The predicted octanol–water partition coefficient (Wildman–Crippen LogP) is 5.38. The van der Waals surface area contributed by atoms with E-state index in [1.807, 2.05) is 0 Å². The average molecular weight is 473 g/mol. The predicted molar refractivity (Wildman–Crippen MR) is 127 cm³/mol. The van der Waals surface area contributed by atoms with E-state index in [4.69, 9.17) is 9.47 Å². The number of hydrogen-bond acceptors (Lipinski definition) is 6. The highest BCUT2D eigenvalue weighted by Crippen LogP contribution is 2.64. The average Bonchev–Trinajstić information content (AvgIpc) is 3.37. The molecule has 0 spiro atoms. The molecule has 0 radical (unpaired) electrons. The van der Waals surface area contributed by atoms with Gasteiger partial charge in [0.2, 0.25) is 0 Å². The molecular weight excluding hydrogens is 436 g/mol. The fourth-order valence-electron chi connectivity index (χ4n) is 7.60. The molecule has 5 rings (SSSR count). The molecule has 0 bridgehead atoms. The number of ether oxygens (including phenoxy) is 2. The quantitative estimate of drug-likeness (QED) is 0.395. The molecule has 5 aliphatic rings. The van der Waals surface area contributed by atoms with Crippen molar-refractivity contribution < 1.29 is 23.9 Å². The largest absolute Gasteiger partial charge is 0.464 e. The molecule has 0 amide bonds. The van der Waals surface area contributed by atoms with Crippen LogP contribution in [0.1, 0.15) is 78.1 Å². The van der Waals surface area contributed by atoms with Crippen LogP contribution in [-0.2, 0) is 23.9 Å². The highest BCUT2D eigenvalue weighted by Gasteiger charge is 2.55. The van der Waals surface area contributed by atoms with Crippen LogP contribution >= 0.6 is 11.8 Å². The van der Waals surface area contributed by atoms with E-state index in [1.54, 1.807) is 0 Å². The molecule has 6 heteroatoms. The van der Waals surface area contributed by atoms with Crippen molar-refractivity contribution in [1.29, 1.82) is 0 Å². The summed E-state index contributed by atoms with van der Waals surface area (Å²) in [7, 11) is 0. The Balaban J connectivity index is 1.15. The van der Waals surface area contributed by atoms with Crippen molar-refractivity contribution >= 4 is 28.8 Å². The lowest BCUT2D eigenvalue weighted by molar-refractivity contribution is -0.146. The van der Waals surface area contributed by atoms with Crippen LogP contribution in [0.2, 0.25) is 0 Å². The topological polar surface area (TPSA) is 69.7 Å². The second kappa shape index (κ2) is 8.90. The maximum absolute atomic E-state index is 12.4. The first kappa shape index (κ1) is 23.2. The van der Waals surface area contributed by atoms with E-state index in [2.05, 4.69) is 32.1 Å². The molecule has 1 saturated heterocycles. The molecule has 7 atom stereocenters. The van der Waals surface area contributed by atoms with Crippen LogP contribution in [0.5, 0.6) is 0 Å². The molecule has 4 aliphatic carbocycles. The van der Waals surface area contributed by atoms with E-state index < -0.39 is 0 Å². The molecule has 33 heavy (non-hydrogen) atoms. The highest BCUT2D eigenvalue weighted by molar-refractivity contribution is 8.14. The van der Waals surface area contributed by atoms with Crippen LogP contribution < -0.4 is 0 Å². The summed E-state index contributed by atoms with van der Waals surface area (Å²) in [6.07, 6.45) is 15.9. The molecule has 0 aromatic rings. The Morgan fingerprint density at radius 1 is 1.15 bits per heavy atom. The molecule has 5 nitrogen and oxygen atoms in total. The SMILES string of the molecule is C[C@@]12CCC[C@H]1[C@@H]1CCC3=CC(OC(=O)CCC(=O)SC4COC(=O)C4)C=C[C@]3(C)[C@H]1CC2. The zero-order valence-corrected chi connectivity index (χ0v) is 20.7. The molecule has 3 saturated carbocycles. The monoisotopic (exact) mass is 472 g/mol. The van der Waals surface area contributed by atoms with E-state index >= 15 is 0 Å². The summed E-state index contributed by atoms with van der Waals surface area (Å²) in [5, 5.41) is -0.211. The molecular formula is C27H36O5S. The number of allylic oxidation sites excluding steroid dienone is 2. The summed E-state index contributed by atoms with van der Waals surface area (Å²) in [6, 6.07) is 0. The van der Waals surface area contributed by atoms with E-state index in [0.29, 0.717) is 11.3 Å². The fraction of sp³-hybridized carbons (Fsp3) is 0.741. The Kier molecular flexibility index (Phi) is 6.26. The molecule has 4 fully saturated rings. The zero-order valence-electron chi connectivity index (χ0n) is 19.8. The third-order valence-electron chi connectivity index (χ3n) is 9.35. The third-order valence-corrected chi connectivity index (χ3v) is 10.5. The minimum atomic E-state index is -0.342. The van der Waals surface area contributed by atoms with Crippen molar-refractivity contribution in [2.75, 3.05) is 6.61 Å². The Bertz CT molecular complexity index is 893. The van der Waals surface area contributed by atoms with Crippen LogP contribution in [0.15, 0.2) is 23.8 Å². The van der Waals surface area contributed by atoms with Gasteiger partial charge in [-0.05, 0) is 73.8 Å². The maximum Gasteiger partial charge on any atom is 0.307 e. The van der Waals surface area contributed by atoms with Crippen LogP contribution in [0.3, 0.4) is 0 Å². The van der Waals surface area contributed by atoms with Gasteiger partial charge in [0.25, 0.3) is 0 Å². The fourth-order valence-corrected chi connectivity index (χ4v) is 8.54. The van der Waals surface area contributed by atoms with Gasteiger partial charge in [-0.3, -0.25) is 14.4 Å². The number of esters is 2. The number of fused-ring (bicyclic) bond motifs is 5. The molecule has 1 aliphatic heterocycles. The maximum atomic E-state index is 12.4. The van der Waals surface area contributed by atoms with Gasteiger partial charge in [-0.1, -0.05) is 43.7 Å². The summed E-state index contributed by atoms with van der Waals surface area (Å²) in [5.74, 6) is 1.79. The Morgan fingerprint density at radius 3 is 2.79 bits per heavy atom. The minimum Gasteiger partial charge on any atom is -0.464 e. The van der Waals surface area contributed by atoms with Gasteiger partial charge in [0.1, 0.15) is 12.7 Å². The van der Waals surface area contributed by atoms with Crippen molar-refractivity contribution in [3.05, 3.63) is 23.8 Å². The van der Waals surface area contributed by atoms with Gasteiger partial charge in [0.05, 0.1) is 18.1 Å². The third kappa shape index (κ3) is 4.44. The lowest BCUT2D eigenvalue weighted by Gasteiger charge is -2.56. The molecule has 1 heterocycles. The Morgan fingerprint density at radius 2 is 2.00 bits per heavy atom. The summed E-state index contributed by atoms with van der Waals surface area (Å²) in [4.78, 5) is 35.7. The highest BCUT2D eigenvalue weighted by atomic mass is 32.2. The summed E-state index contributed by atoms with van der Waals surface area (Å²) >= 11 is 1.11. The van der Waals surface area contributed by atoms with E-state index in [-0.39, 0.29) is 59.7 Å². The van der Waals surface area contributed by atoms with Crippen molar-refractivity contribution in [1.82, 2.24) is 0 Å². The van der Waals surface area contributed by atoms with Crippen molar-refractivity contribution in [2.45, 2.75) is 89.4 Å². The second-order valence-electron chi connectivity index (χ2n) is 11.3. The lowest BCUT2D eigenvalue weighted by atomic mass is 9.48. The van der Waals surface area contributed by atoms with Crippen LogP contribution in [0.25, 0.3) is 0 Å². The van der Waals surface area contributed by atoms with Crippen molar-refractivity contribution in [3.8, 4) is 0 Å². The number of thioether (sulfide) groups is 1. The molecule has 180 valence electrons. The van der Waals surface area contributed by atoms with Crippen LogP contribution in [0, 0.1) is 28.6 Å². The molecule has 0 aromatic heterocycles. The Labute approximate surface area is 201 Å². The molecule has 0 N–H and O–H groups in total. The lowest BCUT2D eigenvalue weighted by Crippen LogP contribution is -2.48. The standard InChI is InChI=1S/C27H36O5S/c1-26-11-3-4-21(26)20-6-5-17-14-18(9-13-27(17,2)22(20)10-12-26)32-23(28)7-8-25(30)33-19-15-24(29)31-16-19/h9,13-14,18-22H,3-8,10-12,15-16H2,1-2H3/t18?,19?,20-,21-,22-,26-,27-/m0/s1. The molecule has 2 unspecified atom stereocenters. The van der Waals surface area contributed by atoms with Gasteiger partial charge in [-0.15, -0.1) is 0 Å². The molecule has 0 aromatic carbocycles. The van der Waals surface area contributed by atoms with Gasteiger partial charge in [0.15, 0.2) is 5.12 Å². The number of cyclic esters (lactones) is 1. The number of carbonyl (C=O) groups excluding carboxylic acids is 3. The number of rotatable bonds is 5. The van der Waals surface area contributed by atoms with Crippen LogP contribution in [-0.4, -0.2) is 35.0 Å². The number of hydrogen-bond donors (Lipinski definition) is 0. The first-order valence-electron chi connectivity index (χ1n) is 12.7. The second-order valence-corrected chi connectivity index (χ2v) is 12.6. The van der Waals surface area contributed by atoms with E-state index in [1.165, 1.54) is 44.1 Å². The van der Waals surface area contributed by atoms with Crippen molar-refractivity contribution in [2.24, 2.45) is 28.6 Å². The summed E-state index contributed by atoms with van der Waals surface area (Å²) in [6.45, 7) is 5.21. The first-order valence-corrected chi connectivity index (χ1v) is 13.6. The van der Waals surface area contributed by atoms with E-state index in [0.717, 1.165) is 30.0 Å². The van der Waals surface area contributed by atoms with Gasteiger partial charge in [-0.25, -0.2) is 0 Å². The van der Waals surface area contributed by atoms with Crippen LogP contribution in [0.4, 0.5) is 0 Å². The Hall–Kier alpha value is -1.56. The van der Waals surface area contributed by atoms with Crippen molar-refractivity contribution in [3.63, 3.8) is 0 Å². The zero-order chi connectivity index (χ0) is 23.2.